The molecule has 1 fully saturated rings. The third-order valence-corrected chi connectivity index (χ3v) is 4.18. The second kappa shape index (κ2) is 6.35. The number of aliphatic carboxylic acids is 1. The van der Waals surface area contributed by atoms with E-state index in [9.17, 15) is 18.0 Å². The van der Waals surface area contributed by atoms with Crippen molar-refractivity contribution >= 4 is 27.4 Å². The number of carbonyl (C=O) groups excluding carboxylic acids is 1. The van der Waals surface area contributed by atoms with Crippen LogP contribution in [0.25, 0.3) is 0 Å². The minimum Gasteiger partial charge on any atom is -0.492 e. The van der Waals surface area contributed by atoms with Crippen molar-refractivity contribution in [3.05, 3.63) is 24.3 Å². The van der Waals surface area contributed by atoms with E-state index in [0.717, 1.165) is 6.26 Å². The van der Waals surface area contributed by atoms with E-state index in [0.29, 0.717) is 17.9 Å². The van der Waals surface area contributed by atoms with Crippen LogP contribution in [-0.4, -0.2) is 44.0 Å². The lowest BCUT2D eigenvalue weighted by atomic mass is 10.2. The summed E-state index contributed by atoms with van der Waals surface area (Å²) in [7, 11) is -3.09. The number of carboxylic acids is 1. The van der Waals surface area contributed by atoms with Crippen molar-refractivity contribution in [3.63, 3.8) is 0 Å². The topological polar surface area (TPSA) is 110 Å². The Hall–Kier alpha value is -2.09. The maximum Gasteiger partial charge on any atom is 0.307 e. The van der Waals surface area contributed by atoms with Crippen molar-refractivity contribution in [1.82, 2.24) is 0 Å². The molecule has 1 aromatic carbocycles. The van der Waals surface area contributed by atoms with Gasteiger partial charge in [-0.1, -0.05) is 6.07 Å². The Morgan fingerprint density at radius 1 is 1.36 bits per heavy atom. The van der Waals surface area contributed by atoms with Crippen LogP contribution in [0.1, 0.15) is 6.42 Å². The van der Waals surface area contributed by atoms with Gasteiger partial charge in [-0.05, 0) is 18.6 Å². The first kappa shape index (κ1) is 16.3. The number of nitrogens with one attached hydrogen (secondary N) is 1. The highest BCUT2D eigenvalue weighted by Crippen LogP contribution is 2.39. The minimum atomic E-state index is -3.09. The van der Waals surface area contributed by atoms with E-state index in [2.05, 4.69) is 5.32 Å². The van der Waals surface area contributed by atoms with E-state index in [4.69, 9.17) is 9.84 Å². The number of carboxylic acid groups (broad SMARTS) is 1. The molecule has 2 rings (SSSR count). The molecule has 0 radical (unpaired) electrons. The summed E-state index contributed by atoms with van der Waals surface area (Å²) < 4.78 is 27.3. The average molecular weight is 327 g/mol. The molecule has 8 heteroatoms. The molecule has 0 heterocycles. The molecule has 2 N–H and O–H groups in total. The lowest BCUT2D eigenvalue weighted by Crippen LogP contribution is -2.17. The molecule has 1 aliphatic rings. The molecule has 120 valence electrons. The Kier molecular flexibility index (Phi) is 4.70. The Morgan fingerprint density at radius 3 is 2.68 bits per heavy atom. The number of anilines is 1. The number of carbonyl (C=O) groups is 2. The number of rotatable bonds is 7. The fraction of sp³-hybridized carbons (Fsp3) is 0.429. The van der Waals surface area contributed by atoms with Crippen LogP contribution in [-0.2, 0) is 19.4 Å². The van der Waals surface area contributed by atoms with Crippen LogP contribution >= 0.6 is 0 Å². The molecule has 1 aromatic rings. The van der Waals surface area contributed by atoms with Crippen molar-refractivity contribution in [1.29, 1.82) is 0 Å². The van der Waals surface area contributed by atoms with Crippen LogP contribution in [0.15, 0.2) is 24.3 Å². The molecule has 0 aromatic heterocycles. The van der Waals surface area contributed by atoms with Gasteiger partial charge in [0.05, 0.1) is 17.6 Å². The van der Waals surface area contributed by atoms with E-state index in [1.54, 1.807) is 24.3 Å². The van der Waals surface area contributed by atoms with Crippen LogP contribution in [0.5, 0.6) is 5.75 Å². The van der Waals surface area contributed by atoms with Gasteiger partial charge in [-0.15, -0.1) is 0 Å². The number of ether oxygens (including phenoxy) is 1. The highest BCUT2D eigenvalue weighted by Gasteiger charge is 2.48. The summed E-state index contributed by atoms with van der Waals surface area (Å²) in [5.41, 5.74) is 0.484. The van der Waals surface area contributed by atoms with E-state index in [1.165, 1.54) is 0 Å². The van der Waals surface area contributed by atoms with E-state index in [1.807, 2.05) is 0 Å². The second-order valence-electron chi connectivity index (χ2n) is 5.28. The normalized spacial score (nSPS) is 20.2. The summed E-state index contributed by atoms with van der Waals surface area (Å²) in [6, 6.07) is 6.53. The summed E-state index contributed by atoms with van der Waals surface area (Å²) >= 11 is 0. The van der Waals surface area contributed by atoms with E-state index in [-0.39, 0.29) is 18.3 Å². The smallest absolute Gasteiger partial charge is 0.307 e. The summed E-state index contributed by atoms with van der Waals surface area (Å²) in [5, 5.41) is 11.4. The maximum atomic E-state index is 11.9. The molecule has 2 atom stereocenters. The van der Waals surface area contributed by atoms with Crippen molar-refractivity contribution in [2.45, 2.75) is 6.42 Å². The lowest BCUT2D eigenvalue weighted by molar-refractivity contribution is -0.139. The van der Waals surface area contributed by atoms with Crippen molar-refractivity contribution in [2.75, 3.05) is 23.9 Å². The SMILES string of the molecule is CS(=O)(=O)CCOc1cccc(NC(=O)C2CC2C(=O)O)c1. The highest BCUT2D eigenvalue weighted by molar-refractivity contribution is 7.90. The first-order valence-corrected chi connectivity index (χ1v) is 8.76. The quantitative estimate of drug-likeness (QED) is 0.765. The largest absolute Gasteiger partial charge is 0.492 e. The van der Waals surface area contributed by atoms with Crippen molar-refractivity contribution in [3.8, 4) is 5.75 Å². The number of hydrogen-bond acceptors (Lipinski definition) is 5. The van der Waals surface area contributed by atoms with Crippen LogP contribution in [0.4, 0.5) is 5.69 Å². The summed E-state index contributed by atoms with van der Waals surface area (Å²) in [6.45, 7) is 0.0277. The standard InChI is InChI=1S/C14H17NO6S/c1-22(19,20)6-5-21-10-4-2-3-9(7-10)15-13(16)11-8-12(11)14(17)18/h2-4,7,11-12H,5-6,8H2,1H3,(H,15,16)(H,17,18). The molecule has 1 aliphatic carbocycles. The highest BCUT2D eigenvalue weighted by atomic mass is 32.2. The minimum absolute atomic E-state index is 0.0277. The zero-order valence-electron chi connectivity index (χ0n) is 12.0. The zero-order chi connectivity index (χ0) is 16.3. The molecule has 2 unspecified atom stereocenters. The predicted molar refractivity (Wildman–Crippen MR) is 79.5 cm³/mol. The Labute approximate surface area is 128 Å². The molecule has 0 spiro atoms. The first-order valence-electron chi connectivity index (χ1n) is 6.70. The summed E-state index contributed by atoms with van der Waals surface area (Å²) in [5.74, 6) is -2.04. The zero-order valence-corrected chi connectivity index (χ0v) is 12.8. The molecular formula is C14H17NO6S. The third-order valence-electron chi connectivity index (χ3n) is 3.27. The number of sulfone groups is 1. The van der Waals surface area contributed by atoms with Crippen LogP contribution < -0.4 is 10.1 Å². The molecule has 0 bridgehead atoms. The van der Waals surface area contributed by atoms with Gasteiger partial charge in [0.1, 0.15) is 12.4 Å². The van der Waals surface area contributed by atoms with Gasteiger partial charge in [0.2, 0.25) is 5.91 Å². The summed E-state index contributed by atoms with van der Waals surface area (Å²) in [6.07, 6.45) is 1.48. The molecular weight excluding hydrogens is 310 g/mol. The Balaban J connectivity index is 1.89. The lowest BCUT2D eigenvalue weighted by Gasteiger charge is -2.08. The number of benzene rings is 1. The Bertz CT molecular complexity index is 684. The molecule has 7 nitrogen and oxygen atoms in total. The molecule has 1 amide bonds. The van der Waals surface area contributed by atoms with Gasteiger partial charge in [-0.25, -0.2) is 8.42 Å². The van der Waals surface area contributed by atoms with Gasteiger partial charge in [0.25, 0.3) is 0 Å². The predicted octanol–water partition coefficient (Wildman–Crippen LogP) is 0.769. The van der Waals surface area contributed by atoms with Gasteiger partial charge in [0, 0.05) is 18.0 Å². The maximum absolute atomic E-state index is 11.9. The number of amides is 1. The molecule has 0 saturated heterocycles. The van der Waals surface area contributed by atoms with Crippen LogP contribution in [0.3, 0.4) is 0 Å². The summed E-state index contributed by atoms with van der Waals surface area (Å²) in [4.78, 5) is 22.6. The molecule has 0 aliphatic heterocycles. The third kappa shape index (κ3) is 4.73. The van der Waals surface area contributed by atoms with Gasteiger partial charge in [-0.2, -0.15) is 0 Å². The molecule has 1 saturated carbocycles. The number of hydrogen-bond donors (Lipinski definition) is 2. The second-order valence-corrected chi connectivity index (χ2v) is 7.54. The van der Waals surface area contributed by atoms with E-state index >= 15 is 0 Å². The van der Waals surface area contributed by atoms with Crippen molar-refractivity contribution < 1.29 is 27.9 Å². The van der Waals surface area contributed by atoms with Gasteiger partial charge < -0.3 is 15.2 Å². The molecule has 22 heavy (non-hydrogen) atoms. The Morgan fingerprint density at radius 2 is 2.09 bits per heavy atom. The fourth-order valence-electron chi connectivity index (χ4n) is 1.97. The van der Waals surface area contributed by atoms with Gasteiger partial charge in [0.15, 0.2) is 9.84 Å². The van der Waals surface area contributed by atoms with E-state index < -0.39 is 27.6 Å². The first-order chi connectivity index (χ1) is 10.3. The van der Waals surface area contributed by atoms with Crippen LogP contribution in [0, 0.1) is 11.8 Å². The van der Waals surface area contributed by atoms with Gasteiger partial charge >= 0.3 is 5.97 Å². The van der Waals surface area contributed by atoms with Crippen LogP contribution in [0.2, 0.25) is 0 Å². The van der Waals surface area contributed by atoms with Gasteiger partial charge in [-0.3, -0.25) is 9.59 Å². The monoisotopic (exact) mass is 327 g/mol. The van der Waals surface area contributed by atoms with Crippen molar-refractivity contribution in [2.24, 2.45) is 11.8 Å². The average Bonchev–Trinajstić information content (AvgIpc) is 3.18. The fourth-order valence-corrected chi connectivity index (χ4v) is 2.35.